The molecular formula is C21H27NO6. The summed E-state index contributed by atoms with van der Waals surface area (Å²) in [7, 11) is 1.29. The Hall–Kier alpha value is -2.83. The van der Waals surface area contributed by atoms with E-state index in [-0.39, 0.29) is 32.1 Å². The minimum Gasteiger partial charge on any atom is -0.469 e. The molecule has 1 aromatic rings. The first-order valence-corrected chi connectivity index (χ1v) is 9.25. The Morgan fingerprint density at radius 1 is 1.18 bits per heavy atom. The predicted molar refractivity (Wildman–Crippen MR) is 102 cm³/mol. The SMILES string of the molecule is C=C(C)[C@@H]1CN(C(=O)OCc2ccccc2)[C@H](C(=O)OCC)[C@H]1CC(=O)OC. The summed E-state index contributed by atoms with van der Waals surface area (Å²) >= 11 is 0. The van der Waals surface area contributed by atoms with Gasteiger partial charge in [0.05, 0.1) is 20.1 Å². The minimum absolute atomic E-state index is 0.0139. The van der Waals surface area contributed by atoms with Crippen molar-refractivity contribution in [2.24, 2.45) is 11.8 Å². The summed E-state index contributed by atoms with van der Waals surface area (Å²) in [5, 5.41) is 0. The third-order valence-electron chi connectivity index (χ3n) is 4.88. The molecule has 1 saturated heterocycles. The largest absolute Gasteiger partial charge is 0.469 e. The van der Waals surface area contributed by atoms with E-state index in [0.29, 0.717) is 0 Å². The predicted octanol–water partition coefficient (Wildman–Crippen LogP) is 2.94. The molecule has 1 heterocycles. The van der Waals surface area contributed by atoms with E-state index in [2.05, 4.69) is 6.58 Å². The van der Waals surface area contributed by atoms with Gasteiger partial charge in [0.1, 0.15) is 12.6 Å². The highest BCUT2D eigenvalue weighted by Crippen LogP contribution is 2.37. The quantitative estimate of drug-likeness (QED) is 0.405. The summed E-state index contributed by atoms with van der Waals surface area (Å²) in [5.41, 5.74) is 1.62. The molecule has 1 aliphatic rings. The molecule has 3 atom stereocenters. The number of hydrogen-bond acceptors (Lipinski definition) is 6. The molecule has 1 aromatic carbocycles. The number of nitrogens with zero attached hydrogens (tertiary/aromatic N) is 1. The maximum absolute atomic E-state index is 12.8. The number of amides is 1. The Labute approximate surface area is 165 Å². The van der Waals surface area contributed by atoms with Crippen LogP contribution in [0.15, 0.2) is 42.5 Å². The van der Waals surface area contributed by atoms with E-state index in [4.69, 9.17) is 14.2 Å². The minimum atomic E-state index is -0.927. The van der Waals surface area contributed by atoms with Gasteiger partial charge in [-0.2, -0.15) is 0 Å². The molecule has 152 valence electrons. The Bertz CT molecular complexity index is 717. The van der Waals surface area contributed by atoms with Crippen LogP contribution in [0.1, 0.15) is 25.8 Å². The summed E-state index contributed by atoms with van der Waals surface area (Å²) in [6.07, 6.45) is -0.638. The van der Waals surface area contributed by atoms with Crippen molar-refractivity contribution >= 4 is 18.0 Å². The number of methoxy groups -OCH3 is 1. The van der Waals surface area contributed by atoms with Gasteiger partial charge in [-0.15, -0.1) is 0 Å². The first-order chi connectivity index (χ1) is 13.4. The lowest BCUT2D eigenvalue weighted by molar-refractivity contribution is -0.150. The molecule has 0 unspecified atom stereocenters. The number of likely N-dealkylation sites (tertiary alicyclic amines) is 1. The third kappa shape index (κ3) is 5.12. The van der Waals surface area contributed by atoms with Crippen molar-refractivity contribution in [1.29, 1.82) is 0 Å². The molecule has 7 nitrogen and oxygen atoms in total. The molecule has 28 heavy (non-hydrogen) atoms. The molecule has 0 saturated carbocycles. The summed E-state index contributed by atoms with van der Waals surface area (Å²) in [6, 6.07) is 8.34. The van der Waals surface area contributed by atoms with Crippen molar-refractivity contribution in [1.82, 2.24) is 4.90 Å². The number of ether oxygens (including phenoxy) is 3. The normalized spacial score (nSPS) is 21.1. The number of esters is 2. The van der Waals surface area contributed by atoms with E-state index in [1.54, 1.807) is 6.92 Å². The molecule has 1 amide bonds. The Balaban J connectivity index is 2.23. The van der Waals surface area contributed by atoms with Crippen molar-refractivity contribution in [2.45, 2.75) is 32.9 Å². The molecule has 2 rings (SSSR count). The van der Waals surface area contributed by atoms with Crippen molar-refractivity contribution in [3.8, 4) is 0 Å². The zero-order chi connectivity index (χ0) is 20.7. The highest BCUT2D eigenvalue weighted by molar-refractivity contribution is 5.84. The van der Waals surface area contributed by atoms with Gasteiger partial charge in [0, 0.05) is 18.4 Å². The van der Waals surface area contributed by atoms with Crippen LogP contribution in [0, 0.1) is 11.8 Å². The molecule has 0 N–H and O–H groups in total. The molecule has 0 aromatic heterocycles. The fourth-order valence-corrected chi connectivity index (χ4v) is 3.48. The van der Waals surface area contributed by atoms with Crippen LogP contribution in [0.3, 0.4) is 0 Å². The summed E-state index contributed by atoms with van der Waals surface area (Å²) in [5.74, 6) is -1.73. The summed E-state index contributed by atoms with van der Waals surface area (Å²) in [4.78, 5) is 38.6. The van der Waals surface area contributed by atoms with Crippen LogP contribution in [0.4, 0.5) is 4.79 Å². The topological polar surface area (TPSA) is 82.1 Å². The highest BCUT2D eigenvalue weighted by atomic mass is 16.6. The number of carbonyl (C=O) groups is 3. The molecule has 0 radical (unpaired) electrons. The number of carbonyl (C=O) groups excluding carboxylic acids is 3. The number of hydrogen-bond donors (Lipinski definition) is 0. The Kier molecular flexibility index (Phi) is 7.61. The Morgan fingerprint density at radius 3 is 2.43 bits per heavy atom. The second kappa shape index (κ2) is 9.92. The molecule has 0 spiro atoms. The first-order valence-electron chi connectivity index (χ1n) is 9.25. The van der Waals surface area contributed by atoms with E-state index in [0.717, 1.165) is 11.1 Å². The molecule has 7 heteroatoms. The zero-order valence-corrected chi connectivity index (χ0v) is 16.6. The highest BCUT2D eigenvalue weighted by Gasteiger charge is 2.50. The van der Waals surface area contributed by atoms with Crippen LogP contribution in [0.5, 0.6) is 0 Å². The average molecular weight is 389 g/mol. The second-order valence-electron chi connectivity index (χ2n) is 6.79. The van der Waals surface area contributed by atoms with Gasteiger partial charge in [-0.05, 0) is 19.4 Å². The molecule has 1 aliphatic heterocycles. The second-order valence-corrected chi connectivity index (χ2v) is 6.79. The van der Waals surface area contributed by atoms with Crippen LogP contribution < -0.4 is 0 Å². The van der Waals surface area contributed by atoms with Gasteiger partial charge in [-0.25, -0.2) is 9.59 Å². The van der Waals surface area contributed by atoms with Gasteiger partial charge in [0.15, 0.2) is 0 Å². The van der Waals surface area contributed by atoms with Gasteiger partial charge in [0.25, 0.3) is 0 Å². The van der Waals surface area contributed by atoms with E-state index < -0.39 is 30.0 Å². The lowest BCUT2D eigenvalue weighted by atomic mass is 9.84. The van der Waals surface area contributed by atoms with Crippen LogP contribution in [-0.2, 0) is 30.4 Å². The van der Waals surface area contributed by atoms with Crippen molar-refractivity contribution in [2.75, 3.05) is 20.3 Å². The average Bonchev–Trinajstić information content (AvgIpc) is 3.06. The smallest absolute Gasteiger partial charge is 0.410 e. The van der Waals surface area contributed by atoms with E-state index in [9.17, 15) is 14.4 Å². The van der Waals surface area contributed by atoms with Crippen molar-refractivity contribution in [3.63, 3.8) is 0 Å². The molecule has 0 aliphatic carbocycles. The third-order valence-corrected chi connectivity index (χ3v) is 4.88. The molecular weight excluding hydrogens is 362 g/mol. The van der Waals surface area contributed by atoms with Gasteiger partial charge >= 0.3 is 18.0 Å². The lowest BCUT2D eigenvalue weighted by Gasteiger charge is -2.26. The van der Waals surface area contributed by atoms with Gasteiger partial charge in [-0.3, -0.25) is 9.69 Å². The van der Waals surface area contributed by atoms with E-state index >= 15 is 0 Å². The Morgan fingerprint density at radius 2 is 1.86 bits per heavy atom. The van der Waals surface area contributed by atoms with E-state index in [1.165, 1.54) is 12.0 Å². The van der Waals surface area contributed by atoms with Crippen molar-refractivity contribution in [3.05, 3.63) is 48.0 Å². The lowest BCUT2D eigenvalue weighted by Crippen LogP contribution is -2.45. The molecule has 0 bridgehead atoms. The number of benzene rings is 1. The van der Waals surface area contributed by atoms with Gasteiger partial charge in [0.2, 0.25) is 0 Å². The fourth-order valence-electron chi connectivity index (χ4n) is 3.48. The standard InChI is InChI=1S/C21H27NO6/c1-5-27-20(24)19-16(11-18(23)26-4)17(14(2)3)12-22(19)21(25)28-13-15-9-7-6-8-10-15/h6-10,16-17,19H,2,5,11-13H2,1,3-4H3/t16-,17-,19-/m0/s1. The van der Waals surface area contributed by atoms with Crippen LogP contribution in [-0.4, -0.2) is 49.2 Å². The monoisotopic (exact) mass is 389 g/mol. The van der Waals surface area contributed by atoms with Crippen LogP contribution >= 0.6 is 0 Å². The summed E-state index contributed by atoms with van der Waals surface area (Å²) < 4.78 is 15.4. The van der Waals surface area contributed by atoms with Gasteiger partial charge in [-0.1, -0.05) is 42.5 Å². The molecule has 1 fully saturated rings. The zero-order valence-electron chi connectivity index (χ0n) is 16.6. The number of rotatable bonds is 7. The fraction of sp³-hybridized carbons (Fsp3) is 0.476. The van der Waals surface area contributed by atoms with Crippen molar-refractivity contribution < 1.29 is 28.6 Å². The first kappa shape index (κ1) is 21.5. The maximum atomic E-state index is 12.8. The maximum Gasteiger partial charge on any atom is 0.410 e. The van der Waals surface area contributed by atoms with Crippen LogP contribution in [0.2, 0.25) is 0 Å². The van der Waals surface area contributed by atoms with E-state index in [1.807, 2.05) is 37.3 Å². The van der Waals surface area contributed by atoms with Gasteiger partial charge < -0.3 is 14.2 Å². The summed E-state index contributed by atoms with van der Waals surface area (Å²) in [6.45, 7) is 7.96. The van der Waals surface area contributed by atoms with Crippen LogP contribution in [0.25, 0.3) is 0 Å².